The van der Waals surface area contributed by atoms with Gasteiger partial charge in [-0.15, -0.1) is 0 Å². The smallest absolute Gasteiger partial charge is 0.0593 e. The Balaban J connectivity index is 2.40. The minimum atomic E-state index is 0.681. The van der Waals surface area contributed by atoms with E-state index < -0.39 is 0 Å². The maximum Gasteiger partial charge on any atom is 0.0593 e. The molecule has 0 aromatic rings. The average Bonchev–Trinajstić information content (AvgIpc) is 2.46. The quantitative estimate of drug-likeness (QED) is 0.616. The molecule has 0 aromatic heterocycles. The molecule has 0 saturated heterocycles. The van der Waals surface area contributed by atoms with Crippen molar-refractivity contribution < 1.29 is 9.47 Å². The van der Waals surface area contributed by atoms with E-state index in [2.05, 4.69) is 31.1 Å². The summed E-state index contributed by atoms with van der Waals surface area (Å²) in [7, 11) is 2.08. The SMILES string of the molecule is CCOCCN(CCOCC)C1CCCC(NC)C1. The zero-order valence-corrected chi connectivity index (χ0v) is 13.0. The van der Waals surface area contributed by atoms with Crippen molar-refractivity contribution in [3.63, 3.8) is 0 Å². The Morgan fingerprint density at radius 1 is 1.05 bits per heavy atom. The summed E-state index contributed by atoms with van der Waals surface area (Å²) in [6.45, 7) is 9.47. The third-order valence-electron chi connectivity index (χ3n) is 4.03. The van der Waals surface area contributed by atoms with Crippen LogP contribution in [0, 0.1) is 0 Å². The van der Waals surface area contributed by atoms with Crippen molar-refractivity contribution in [2.75, 3.05) is 46.6 Å². The van der Waals surface area contributed by atoms with Crippen molar-refractivity contribution in [1.82, 2.24) is 10.2 Å². The van der Waals surface area contributed by atoms with Gasteiger partial charge in [0.15, 0.2) is 0 Å². The van der Waals surface area contributed by atoms with Crippen LogP contribution in [0.5, 0.6) is 0 Å². The number of hydrogen-bond donors (Lipinski definition) is 1. The van der Waals surface area contributed by atoms with Gasteiger partial charge in [0, 0.05) is 38.4 Å². The molecule has 1 aliphatic rings. The van der Waals surface area contributed by atoms with Gasteiger partial charge in [0.1, 0.15) is 0 Å². The van der Waals surface area contributed by atoms with Gasteiger partial charge in [0.2, 0.25) is 0 Å². The second-order valence-corrected chi connectivity index (χ2v) is 5.24. The number of nitrogens with zero attached hydrogens (tertiary/aromatic N) is 1. The molecule has 1 aliphatic carbocycles. The summed E-state index contributed by atoms with van der Waals surface area (Å²) in [6, 6.07) is 1.37. The van der Waals surface area contributed by atoms with Gasteiger partial charge in [0.25, 0.3) is 0 Å². The Kier molecular flexibility index (Phi) is 9.43. The van der Waals surface area contributed by atoms with Crippen LogP contribution in [0.2, 0.25) is 0 Å². The van der Waals surface area contributed by atoms with Crippen LogP contribution in [0.25, 0.3) is 0 Å². The fraction of sp³-hybridized carbons (Fsp3) is 1.00. The fourth-order valence-corrected chi connectivity index (χ4v) is 2.89. The molecule has 1 rings (SSSR count). The number of nitrogens with one attached hydrogen (secondary N) is 1. The lowest BCUT2D eigenvalue weighted by molar-refractivity contribution is 0.0492. The Labute approximate surface area is 118 Å². The minimum Gasteiger partial charge on any atom is -0.380 e. The van der Waals surface area contributed by atoms with Crippen LogP contribution in [-0.2, 0) is 9.47 Å². The van der Waals surface area contributed by atoms with Crippen molar-refractivity contribution in [3.05, 3.63) is 0 Å². The molecule has 1 saturated carbocycles. The second-order valence-electron chi connectivity index (χ2n) is 5.24. The van der Waals surface area contributed by atoms with Crippen molar-refractivity contribution in [2.45, 2.75) is 51.6 Å². The molecule has 1 N–H and O–H groups in total. The first-order valence-corrected chi connectivity index (χ1v) is 7.88. The minimum absolute atomic E-state index is 0.681. The molecule has 4 nitrogen and oxygen atoms in total. The number of ether oxygens (including phenoxy) is 2. The molecule has 0 aliphatic heterocycles. The summed E-state index contributed by atoms with van der Waals surface area (Å²) in [5, 5.41) is 3.43. The number of rotatable bonds is 10. The lowest BCUT2D eigenvalue weighted by Gasteiger charge is -2.37. The summed E-state index contributed by atoms with van der Waals surface area (Å²) in [6.07, 6.45) is 5.22. The van der Waals surface area contributed by atoms with Gasteiger partial charge in [-0.1, -0.05) is 6.42 Å². The highest BCUT2D eigenvalue weighted by molar-refractivity contribution is 4.83. The van der Waals surface area contributed by atoms with E-state index >= 15 is 0 Å². The molecular formula is C15H32N2O2. The first-order chi connectivity index (χ1) is 9.31. The van der Waals surface area contributed by atoms with Crippen LogP contribution >= 0.6 is 0 Å². The largest absolute Gasteiger partial charge is 0.380 e. The Hall–Kier alpha value is -0.160. The van der Waals surface area contributed by atoms with Crippen LogP contribution in [0.1, 0.15) is 39.5 Å². The van der Waals surface area contributed by atoms with Gasteiger partial charge < -0.3 is 14.8 Å². The zero-order valence-electron chi connectivity index (χ0n) is 13.0. The van der Waals surface area contributed by atoms with E-state index in [1.54, 1.807) is 0 Å². The molecule has 0 aromatic carbocycles. The van der Waals surface area contributed by atoms with E-state index in [0.29, 0.717) is 12.1 Å². The van der Waals surface area contributed by atoms with Crippen molar-refractivity contribution in [3.8, 4) is 0 Å². The summed E-state index contributed by atoms with van der Waals surface area (Å²) in [4.78, 5) is 2.56. The van der Waals surface area contributed by atoms with Crippen LogP contribution in [0.3, 0.4) is 0 Å². The third kappa shape index (κ3) is 6.70. The molecule has 0 bridgehead atoms. The van der Waals surface area contributed by atoms with Gasteiger partial charge in [-0.3, -0.25) is 4.90 Å². The lowest BCUT2D eigenvalue weighted by atomic mass is 9.90. The molecule has 0 heterocycles. The fourth-order valence-electron chi connectivity index (χ4n) is 2.89. The Morgan fingerprint density at radius 3 is 2.21 bits per heavy atom. The average molecular weight is 272 g/mol. The van der Waals surface area contributed by atoms with Gasteiger partial charge in [-0.2, -0.15) is 0 Å². The van der Waals surface area contributed by atoms with E-state index in [1.165, 1.54) is 25.7 Å². The van der Waals surface area contributed by atoms with E-state index in [0.717, 1.165) is 39.5 Å². The Morgan fingerprint density at radius 2 is 1.68 bits per heavy atom. The molecule has 0 radical (unpaired) electrons. The van der Waals surface area contributed by atoms with Crippen molar-refractivity contribution in [2.24, 2.45) is 0 Å². The third-order valence-corrected chi connectivity index (χ3v) is 4.03. The zero-order chi connectivity index (χ0) is 13.9. The van der Waals surface area contributed by atoms with E-state index in [1.807, 2.05) is 0 Å². The van der Waals surface area contributed by atoms with Crippen LogP contribution < -0.4 is 5.32 Å². The maximum atomic E-state index is 5.52. The molecule has 4 heteroatoms. The van der Waals surface area contributed by atoms with Crippen LogP contribution in [0.15, 0.2) is 0 Å². The molecule has 19 heavy (non-hydrogen) atoms. The molecular weight excluding hydrogens is 240 g/mol. The van der Waals surface area contributed by atoms with Crippen molar-refractivity contribution in [1.29, 1.82) is 0 Å². The maximum absolute atomic E-state index is 5.52. The first-order valence-electron chi connectivity index (χ1n) is 7.88. The van der Waals surface area contributed by atoms with Crippen LogP contribution in [0.4, 0.5) is 0 Å². The van der Waals surface area contributed by atoms with Gasteiger partial charge in [-0.05, 0) is 40.2 Å². The molecule has 1 fully saturated rings. The topological polar surface area (TPSA) is 33.7 Å². The molecule has 0 spiro atoms. The highest BCUT2D eigenvalue weighted by atomic mass is 16.5. The van der Waals surface area contributed by atoms with E-state index in [4.69, 9.17) is 9.47 Å². The highest BCUT2D eigenvalue weighted by Crippen LogP contribution is 2.22. The number of hydrogen-bond acceptors (Lipinski definition) is 4. The summed E-state index contributed by atoms with van der Waals surface area (Å²) in [5.41, 5.74) is 0. The highest BCUT2D eigenvalue weighted by Gasteiger charge is 2.25. The summed E-state index contributed by atoms with van der Waals surface area (Å²) >= 11 is 0. The Bertz CT molecular complexity index is 204. The molecule has 2 atom stereocenters. The lowest BCUT2D eigenvalue weighted by Crippen LogP contribution is -2.46. The summed E-state index contributed by atoms with van der Waals surface area (Å²) < 4.78 is 11.0. The van der Waals surface area contributed by atoms with Gasteiger partial charge >= 0.3 is 0 Å². The monoisotopic (exact) mass is 272 g/mol. The van der Waals surface area contributed by atoms with E-state index in [9.17, 15) is 0 Å². The normalized spacial score (nSPS) is 24.0. The van der Waals surface area contributed by atoms with E-state index in [-0.39, 0.29) is 0 Å². The molecule has 0 amide bonds. The van der Waals surface area contributed by atoms with Gasteiger partial charge in [0.05, 0.1) is 13.2 Å². The second kappa shape index (κ2) is 10.6. The standard InChI is InChI=1S/C15H32N2O2/c1-4-18-11-9-17(10-12-19-5-2)15-8-6-7-14(13-15)16-3/h14-16H,4-13H2,1-3H3. The molecule has 114 valence electrons. The summed E-state index contributed by atoms with van der Waals surface area (Å²) in [5.74, 6) is 0. The molecule has 2 unspecified atom stereocenters. The van der Waals surface area contributed by atoms with Crippen molar-refractivity contribution >= 4 is 0 Å². The van der Waals surface area contributed by atoms with Crippen LogP contribution in [-0.4, -0.2) is 63.5 Å². The first kappa shape index (κ1) is 16.9. The predicted octanol–water partition coefficient (Wildman–Crippen LogP) is 1.89. The van der Waals surface area contributed by atoms with Gasteiger partial charge in [-0.25, -0.2) is 0 Å². The predicted molar refractivity (Wildman–Crippen MR) is 79.7 cm³/mol.